The molecule has 0 spiro atoms. The van der Waals surface area contributed by atoms with Crippen molar-refractivity contribution in [1.29, 1.82) is 0 Å². The van der Waals surface area contributed by atoms with Crippen molar-refractivity contribution in [3.63, 3.8) is 0 Å². The summed E-state index contributed by atoms with van der Waals surface area (Å²) in [6.07, 6.45) is 4.77. The first-order valence-corrected chi connectivity index (χ1v) is 6.99. The van der Waals surface area contributed by atoms with Crippen LogP contribution in [0.3, 0.4) is 0 Å². The van der Waals surface area contributed by atoms with Gasteiger partial charge in [-0.3, -0.25) is 19.9 Å². The summed E-state index contributed by atoms with van der Waals surface area (Å²) in [5.74, 6) is 0.686. The van der Waals surface area contributed by atoms with Crippen molar-refractivity contribution >= 4 is 11.9 Å². The lowest BCUT2D eigenvalue weighted by atomic mass is 9.96. The fourth-order valence-corrected chi connectivity index (χ4v) is 2.49. The molecule has 0 aliphatic carbocycles. The van der Waals surface area contributed by atoms with Gasteiger partial charge in [-0.1, -0.05) is 6.92 Å². The molecule has 3 heterocycles. The fraction of sp³-hybridized carbons (Fsp3) is 0.538. The molecule has 8 heteroatoms. The van der Waals surface area contributed by atoms with Gasteiger partial charge in [0.25, 0.3) is 0 Å². The molecule has 1 aliphatic rings. The molecule has 112 valence electrons. The first-order chi connectivity index (χ1) is 10.2. The number of hydrogen-bond acceptors (Lipinski definition) is 5. The molecule has 2 atom stereocenters. The third kappa shape index (κ3) is 2.80. The molecule has 1 saturated heterocycles. The van der Waals surface area contributed by atoms with Crippen LogP contribution in [0.4, 0.5) is 5.95 Å². The molecule has 0 saturated carbocycles. The maximum Gasteiger partial charge on any atom is 0.248 e. The number of aryl methyl sites for hydroxylation is 2. The molecule has 2 aromatic heterocycles. The van der Waals surface area contributed by atoms with E-state index in [0.29, 0.717) is 19.0 Å². The highest BCUT2D eigenvalue weighted by Gasteiger charge is 2.36. The second-order valence-corrected chi connectivity index (χ2v) is 5.08. The van der Waals surface area contributed by atoms with Gasteiger partial charge >= 0.3 is 0 Å². The Kier molecular flexibility index (Phi) is 3.70. The minimum atomic E-state index is -0.261. The zero-order chi connectivity index (χ0) is 14.8. The lowest BCUT2D eigenvalue weighted by molar-refractivity contribution is -0.121. The smallest absolute Gasteiger partial charge is 0.248 e. The lowest BCUT2D eigenvalue weighted by Crippen LogP contribution is -2.25. The zero-order valence-electron chi connectivity index (χ0n) is 12.0. The van der Waals surface area contributed by atoms with Gasteiger partial charge in [0.05, 0.1) is 18.2 Å². The van der Waals surface area contributed by atoms with Crippen molar-refractivity contribution in [2.24, 2.45) is 13.0 Å². The molecule has 0 bridgehead atoms. The number of nitrogens with one attached hydrogen (secondary N) is 2. The second-order valence-electron chi connectivity index (χ2n) is 5.08. The van der Waals surface area contributed by atoms with E-state index in [1.165, 1.54) is 0 Å². The van der Waals surface area contributed by atoms with E-state index in [0.717, 1.165) is 17.8 Å². The van der Waals surface area contributed by atoms with Crippen LogP contribution < -0.4 is 5.32 Å². The Morgan fingerprint density at radius 2 is 2.48 bits per heavy atom. The third-order valence-electron chi connectivity index (χ3n) is 3.58. The lowest BCUT2D eigenvalue weighted by Gasteiger charge is -2.15. The molecule has 1 aliphatic heterocycles. The van der Waals surface area contributed by atoms with Crippen LogP contribution in [0, 0.1) is 5.92 Å². The summed E-state index contributed by atoms with van der Waals surface area (Å²) in [6, 6.07) is 0. The number of nitrogens with zero attached hydrogens (tertiary/aromatic N) is 4. The topological polar surface area (TPSA) is 97.7 Å². The Morgan fingerprint density at radius 3 is 3.14 bits per heavy atom. The standard InChI is InChI=1S/C13H18N6O2/c1-3-10-15-13(18-17-10)16-12(20)9-4-5-21-11(9)8-6-14-19(2)7-8/h6-7,9,11H,3-5H2,1-2H3,(H2,15,16,17,18,20)/t9-,11+/m0/s1. The van der Waals surface area contributed by atoms with Crippen LogP contribution in [0.1, 0.15) is 30.8 Å². The molecule has 0 radical (unpaired) electrons. The number of H-pyrrole nitrogens is 1. The van der Waals surface area contributed by atoms with Gasteiger partial charge in [0.1, 0.15) is 5.82 Å². The Bertz CT molecular complexity index is 634. The summed E-state index contributed by atoms with van der Waals surface area (Å²) in [4.78, 5) is 16.6. The van der Waals surface area contributed by atoms with Gasteiger partial charge in [-0.15, -0.1) is 5.10 Å². The van der Waals surface area contributed by atoms with E-state index in [1.54, 1.807) is 10.9 Å². The number of aromatic nitrogens is 5. The Balaban J connectivity index is 1.71. The Hall–Kier alpha value is -2.22. The molecule has 0 aromatic carbocycles. The average Bonchev–Trinajstić information content (AvgIpc) is 3.17. The second kappa shape index (κ2) is 5.65. The van der Waals surface area contributed by atoms with Crippen LogP contribution in [0.15, 0.2) is 12.4 Å². The number of rotatable bonds is 4. The van der Waals surface area contributed by atoms with Crippen LogP contribution in [0.2, 0.25) is 0 Å². The van der Waals surface area contributed by atoms with Crippen LogP contribution in [-0.4, -0.2) is 37.5 Å². The predicted octanol–water partition coefficient (Wildman–Crippen LogP) is 0.817. The monoisotopic (exact) mass is 290 g/mol. The summed E-state index contributed by atoms with van der Waals surface area (Å²) in [5.41, 5.74) is 0.916. The van der Waals surface area contributed by atoms with Crippen molar-refractivity contribution in [3.8, 4) is 0 Å². The van der Waals surface area contributed by atoms with E-state index in [9.17, 15) is 4.79 Å². The first-order valence-electron chi connectivity index (χ1n) is 6.99. The van der Waals surface area contributed by atoms with Gasteiger partial charge in [-0.05, 0) is 6.42 Å². The number of ether oxygens (including phenoxy) is 1. The van der Waals surface area contributed by atoms with Gasteiger partial charge in [-0.25, -0.2) is 0 Å². The molecular weight excluding hydrogens is 272 g/mol. The largest absolute Gasteiger partial charge is 0.373 e. The minimum Gasteiger partial charge on any atom is -0.373 e. The van der Waals surface area contributed by atoms with Gasteiger partial charge in [-0.2, -0.15) is 10.1 Å². The van der Waals surface area contributed by atoms with Crippen LogP contribution in [0.25, 0.3) is 0 Å². The number of hydrogen-bond donors (Lipinski definition) is 2. The van der Waals surface area contributed by atoms with Crippen LogP contribution >= 0.6 is 0 Å². The Morgan fingerprint density at radius 1 is 1.62 bits per heavy atom. The average molecular weight is 290 g/mol. The molecule has 2 aromatic rings. The van der Waals surface area contributed by atoms with Crippen molar-refractivity contribution < 1.29 is 9.53 Å². The van der Waals surface area contributed by atoms with Gasteiger partial charge in [0.15, 0.2) is 0 Å². The van der Waals surface area contributed by atoms with Crippen LogP contribution in [0.5, 0.6) is 0 Å². The molecule has 1 amide bonds. The first kappa shape index (κ1) is 13.7. The number of anilines is 1. The van der Waals surface area contributed by atoms with Crippen molar-refractivity contribution in [2.45, 2.75) is 25.9 Å². The quantitative estimate of drug-likeness (QED) is 0.868. The van der Waals surface area contributed by atoms with Gasteiger partial charge in [0.2, 0.25) is 11.9 Å². The van der Waals surface area contributed by atoms with E-state index >= 15 is 0 Å². The molecule has 1 fully saturated rings. The number of carbonyl (C=O) groups is 1. The van der Waals surface area contributed by atoms with E-state index < -0.39 is 0 Å². The van der Waals surface area contributed by atoms with Gasteiger partial charge < -0.3 is 4.74 Å². The molecule has 0 unspecified atom stereocenters. The fourth-order valence-electron chi connectivity index (χ4n) is 2.49. The highest BCUT2D eigenvalue weighted by molar-refractivity contribution is 5.91. The maximum atomic E-state index is 12.4. The van der Waals surface area contributed by atoms with E-state index in [2.05, 4.69) is 25.6 Å². The number of amides is 1. The minimum absolute atomic E-state index is 0.122. The molecule has 8 nitrogen and oxygen atoms in total. The summed E-state index contributed by atoms with van der Waals surface area (Å²) in [7, 11) is 1.84. The number of aromatic amines is 1. The zero-order valence-corrected chi connectivity index (χ0v) is 12.0. The summed E-state index contributed by atoms with van der Waals surface area (Å²) in [6.45, 7) is 2.53. The molecule has 3 rings (SSSR count). The SMILES string of the molecule is CCc1nc(NC(=O)[C@H]2CCO[C@@H]2c2cnn(C)c2)n[nH]1. The van der Waals surface area contributed by atoms with Gasteiger partial charge in [0, 0.05) is 31.8 Å². The Labute approximate surface area is 121 Å². The van der Waals surface area contributed by atoms with E-state index in [-0.39, 0.29) is 17.9 Å². The summed E-state index contributed by atoms with van der Waals surface area (Å²) in [5, 5.41) is 13.6. The van der Waals surface area contributed by atoms with Crippen molar-refractivity contribution in [1.82, 2.24) is 25.0 Å². The molecular formula is C13H18N6O2. The highest BCUT2D eigenvalue weighted by Crippen LogP contribution is 2.34. The third-order valence-corrected chi connectivity index (χ3v) is 3.58. The van der Waals surface area contributed by atoms with Crippen LogP contribution in [-0.2, 0) is 23.0 Å². The van der Waals surface area contributed by atoms with Crippen molar-refractivity contribution in [2.75, 3.05) is 11.9 Å². The van der Waals surface area contributed by atoms with Crippen molar-refractivity contribution in [3.05, 3.63) is 23.8 Å². The number of carbonyl (C=O) groups excluding carboxylic acids is 1. The molecule has 2 N–H and O–H groups in total. The normalized spacial score (nSPS) is 21.6. The molecule has 21 heavy (non-hydrogen) atoms. The van der Waals surface area contributed by atoms with E-state index in [1.807, 2.05) is 20.2 Å². The summed E-state index contributed by atoms with van der Waals surface area (Å²) >= 11 is 0. The maximum absolute atomic E-state index is 12.4. The highest BCUT2D eigenvalue weighted by atomic mass is 16.5. The van der Waals surface area contributed by atoms with E-state index in [4.69, 9.17) is 4.74 Å². The summed E-state index contributed by atoms with van der Waals surface area (Å²) < 4.78 is 7.39. The predicted molar refractivity (Wildman–Crippen MR) is 74.4 cm³/mol.